The Kier molecular flexibility index (Phi) is 6.37. The second-order valence-corrected chi connectivity index (χ2v) is 6.06. The molecule has 8 heteroatoms. The molecule has 0 aliphatic carbocycles. The molecule has 0 aliphatic heterocycles. The fourth-order valence-electron chi connectivity index (χ4n) is 2.45. The summed E-state index contributed by atoms with van der Waals surface area (Å²) in [5, 5.41) is 3.13. The van der Waals surface area contributed by atoms with Crippen molar-refractivity contribution in [2.45, 2.75) is 19.3 Å². The van der Waals surface area contributed by atoms with Gasteiger partial charge in [0.25, 0.3) is 0 Å². The van der Waals surface area contributed by atoms with Crippen LogP contribution < -0.4 is 10.1 Å². The van der Waals surface area contributed by atoms with E-state index >= 15 is 0 Å². The van der Waals surface area contributed by atoms with Crippen LogP contribution in [0.1, 0.15) is 16.7 Å². The van der Waals surface area contributed by atoms with Gasteiger partial charge in [-0.05, 0) is 29.8 Å². The molecule has 0 saturated heterocycles. The van der Waals surface area contributed by atoms with Crippen LogP contribution in [0, 0.1) is 0 Å². The van der Waals surface area contributed by atoms with Crippen LogP contribution in [0.3, 0.4) is 0 Å². The molecule has 0 aromatic heterocycles. The van der Waals surface area contributed by atoms with Crippen molar-refractivity contribution in [1.82, 2.24) is 10.2 Å². The molecule has 26 heavy (non-hydrogen) atoms. The third-order valence-corrected chi connectivity index (χ3v) is 3.98. The molecule has 140 valence electrons. The van der Waals surface area contributed by atoms with E-state index in [1.165, 1.54) is 37.3 Å². The van der Waals surface area contributed by atoms with E-state index < -0.39 is 17.8 Å². The molecule has 4 nitrogen and oxygen atoms in total. The monoisotopic (exact) mass is 386 g/mol. The normalized spacial score (nSPS) is 11.2. The predicted molar refractivity (Wildman–Crippen MR) is 93.2 cm³/mol. The summed E-state index contributed by atoms with van der Waals surface area (Å²) >= 11 is 5.93. The number of nitrogens with zero attached hydrogens (tertiary/aromatic N) is 1. The van der Waals surface area contributed by atoms with E-state index in [1.807, 2.05) is 0 Å². The Morgan fingerprint density at radius 1 is 1.19 bits per heavy atom. The summed E-state index contributed by atoms with van der Waals surface area (Å²) in [6.45, 7) is -0.0397. The van der Waals surface area contributed by atoms with Crippen LogP contribution >= 0.6 is 11.6 Å². The third-order valence-electron chi connectivity index (χ3n) is 3.75. The molecule has 0 saturated carbocycles. The highest BCUT2D eigenvalue weighted by Crippen LogP contribution is 2.32. The van der Waals surface area contributed by atoms with Gasteiger partial charge >= 0.3 is 12.2 Å². The van der Waals surface area contributed by atoms with E-state index in [2.05, 4.69) is 5.32 Å². The SMILES string of the molecule is COc1ccc(Cl)cc1CNC(=O)N(C)Cc1ccccc1C(F)(F)F. The number of alkyl halides is 3. The van der Waals surface area contributed by atoms with Gasteiger partial charge in [0, 0.05) is 30.7 Å². The standard InChI is InChI=1S/C18H18ClF3N2O2/c1-24(11-12-5-3-4-6-15(12)18(20,21)22)17(25)23-10-13-9-14(19)7-8-16(13)26-2/h3-9H,10-11H2,1-2H3,(H,23,25). The van der Waals surface area contributed by atoms with Gasteiger partial charge in [0.05, 0.1) is 12.7 Å². The molecule has 2 rings (SSSR count). The Balaban J connectivity index is 2.04. The van der Waals surface area contributed by atoms with Crippen LogP contribution in [0.2, 0.25) is 5.02 Å². The molecule has 0 fully saturated rings. The summed E-state index contributed by atoms with van der Waals surface area (Å²) in [6.07, 6.45) is -4.47. The number of urea groups is 1. The molecule has 2 aromatic carbocycles. The van der Waals surface area contributed by atoms with Crippen molar-refractivity contribution >= 4 is 17.6 Å². The van der Waals surface area contributed by atoms with Gasteiger partial charge in [-0.1, -0.05) is 29.8 Å². The summed E-state index contributed by atoms with van der Waals surface area (Å²) in [7, 11) is 2.92. The number of methoxy groups -OCH3 is 1. The van der Waals surface area contributed by atoms with Gasteiger partial charge in [0.2, 0.25) is 0 Å². The lowest BCUT2D eigenvalue weighted by atomic mass is 10.1. The van der Waals surface area contributed by atoms with Crippen molar-refractivity contribution in [2.24, 2.45) is 0 Å². The molecule has 1 N–H and O–H groups in total. The molecule has 0 aliphatic rings. The first kappa shape index (κ1) is 19.9. The third kappa shape index (κ3) is 5.05. The van der Waals surface area contributed by atoms with Gasteiger partial charge in [-0.3, -0.25) is 0 Å². The molecule has 2 aromatic rings. The van der Waals surface area contributed by atoms with Gasteiger partial charge < -0.3 is 15.0 Å². The minimum atomic E-state index is -4.47. The summed E-state index contributed by atoms with van der Waals surface area (Å²) in [5.74, 6) is 0.555. The number of carbonyl (C=O) groups is 1. The van der Waals surface area contributed by atoms with Crippen molar-refractivity contribution in [2.75, 3.05) is 14.2 Å². The first-order valence-electron chi connectivity index (χ1n) is 7.69. The lowest BCUT2D eigenvalue weighted by Gasteiger charge is -2.21. The number of halogens is 4. The smallest absolute Gasteiger partial charge is 0.416 e. The van der Waals surface area contributed by atoms with Gasteiger partial charge in [0.15, 0.2) is 0 Å². The van der Waals surface area contributed by atoms with Crippen molar-refractivity contribution in [3.05, 3.63) is 64.2 Å². The summed E-state index contributed by atoms with van der Waals surface area (Å²) in [4.78, 5) is 13.4. The minimum absolute atomic E-state index is 0.0259. The van der Waals surface area contributed by atoms with Crippen molar-refractivity contribution < 1.29 is 22.7 Å². The first-order valence-corrected chi connectivity index (χ1v) is 8.06. The fourth-order valence-corrected chi connectivity index (χ4v) is 2.65. The number of benzene rings is 2. The van der Waals surface area contributed by atoms with E-state index in [0.29, 0.717) is 16.3 Å². The van der Waals surface area contributed by atoms with E-state index in [9.17, 15) is 18.0 Å². The zero-order chi connectivity index (χ0) is 19.3. The van der Waals surface area contributed by atoms with Crippen LogP contribution in [0.5, 0.6) is 5.75 Å². The van der Waals surface area contributed by atoms with Crippen LogP contribution in [-0.2, 0) is 19.3 Å². The maximum Gasteiger partial charge on any atom is 0.416 e. The lowest BCUT2D eigenvalue weighted by molar-refractivity contribution is -0.138. The molecule has 0 unspecified atom stereocenters. The second kappa shape index (κ2) is 8.31. The van der Waals surface area contributed by atoms with Gasteiger partial charge in [-0.25, -0.2) is 4.79 Å². The summed E-state index contributed by atoms with van der Waals surface area (Å²) in [6, 6.07) is 9.65. The average Bonchev–Trinajstić information content (AvgIpc) is 2.59. The Morgan fingerprint density at radius 2 is 1.88 bits per heavy atom. The summed E-state index contributed by atoms with van der Waals surface area (Å²) < 4.78 is 44.3. The van der Waals surface area contributed by atoms with Crippen LogP contribution in [-0.4, -0.2) is 25.1 Å². The molecule has 0 bridgehead atoms. The number of rotatable bonds is 5. The number of ether oxygens (including phenoxy) is 1. The number of nitrogens with one attached hydrogen (secondary N) is 1. The molecule has 0 heterocycles. The zero-order valence-corrected chi connectivity index (χ0v) is 15.0. The molecule has 0 spiro atoms. The predicted octanol–water partition coefficient (Wildman–Crippen LogP) is 4.71. The minimum Gasteiger partial charge on any atom is -0.496 e. The largest absolute Gasteiger partial charge is 0.496 e. The van der Waals surface area contributed by atoms with E-state index in [1.54, 1.807) is 18.2 Å². The molecule has 2 amide bonds. The zero-order valence-electron chi connectivity index (χ0n) is 14.2. The molecule has 0 radical (unpaired) electrons. The van der Waals surface area contributed by atoms with E-state index in [4.69, 9.17) is 16.3 Å². The second-order valence-electron chi connectivity index (χ2n) is 5.63. The highest BCUT2D eigenvalue weighted by Gasteiger charge is 2.33. The van der Waals surface area contributed by atoms with Crippen molar-refractivity contribution in [3.8, 4) is 5.75 Å². The Hall–Kier alpha value is -2.41. The highest BCUT2D eigenvalue weighted by atomic mass is 35.5. The van der Waals surface area contributed by atoms with Crippen LogP contribution in [0.25, 0.3) is 0 Å². The Morgan fingerprint density at radius 3 is 2.54 bits per heavy atom. The molecule has 0 atom stereocenters. The van der Waals surface area contributed by atoms with Gasteiger partial charge in [-0.15, -0.1) is 0 Å². The number of amides is 2. The average molecular weight is 387 g/mol. The quantitative estimate of drug-likeness (QED) is 0.808. The topological polar surface area (TPSA) is 41.6 Å². The first-order chi connectivity index (χ1) is 12.2. The molecular weight excluding hydrogens is 369 g/mol. The molecular formula is C18H18ClF3N2O2. The summed E-state index contributed by atoms with van der Waals surface area (Å²) in [5.41, 5.74) is -0.0633. The van der Waals surface area contributed by atoms with Crippen molar-refractivity contribution in [3.63, 3.8) is 0 Å². The Bertz CT molecular complexity index is 781. The van der Waals surface area contributed by atoms with Crippen LogP contribution in [0.4, 0.5) is 18.0 Å². The number of hydrogen-bond donors (Lipinski definition) is 1. The number of carbonyl (C=O) groups excluding carboxylic acids is 1. The van der Waals surface area contributed by atoms with Gasteiger partial charge in [0.1, 0.15) is 5.75 Å². The Labute approximate surface area is 154 Å². The number of hydrogen-bond acceptors (Lipinski definition) is 2. The maximum absolute atomic E-state index is 13.0. The van der Waals surface area contributed by atoms with E-state index in [0.717, 1.165) is 6.07 Å². The lowest BCUT2D eigenvalue weighted by Crippen LogP contribution is -2.36. The fraction of sp³-hybridized carbons (Fsp3) is 0.278. The van der Waals surface area contributed by atoms with Crippen molar-refractivity contribution in [1.29, 1.82) is 0 Å². The van der Waals surface area contributed by atoms with Crippen LogP contribution in [0.15, 0.2) is 42.5 Å². The van der Waals surface area contributed by atoms with Gasteiger partial charge in [-0.2, -0.15) is 13.2 Å². The highest BCUT2D eigenvalue weighted by molar-refractivity contribution is 6.30. The van der Waals surface area contributed by atoms with E-state index in [-0.39, 0.29) is 18.7 Å². The maximum atomic E-state index is 13.0.